The highest BCUT2D eigenvalue weighted by molar-refractivity contribution is 5.90. The third kappa shape index (κ3) is 4.54. The number of benzene rings is 3. The fourth-order valence-corrected chi connectivity index (χ4v) is 3.89. The predicted octanol–water partition coefficient (Wildman–Crippen LogP) is 5.83. The van der Waals surface area contributed by atoms with Gasteiger partial charge in [0.1, 0.15) is 5.75 Å². The van der Waals surface area contributed by atoms with Crippen LogP contribution in [0.3, 0.4) is 0 Å². The molecule has 1 aliphatic rings. The molecule has 1 aliphatic heterocycles. The molecule has 4 heteroatoms. The molecule has 1 heterocycles. The molecule has 1 saturated heterocycles. The predicted molar refractivity (Wildman–Crippen MR) is 122 cm³/mol. The molecule has 3 aromatic carbocycles. The summed E-state index contributed by atoms with van der Waals surface area (Å²) >= 11 is 0. The zero-order valence-corrected chi connectivity index (χ0v) is 17.2. The van der Waals surface area contributed by atoms with Crippen LogP contribution >= 0.6 is 0 Å². The van der Waals surface area contributed by atoms with E-state index in [2.05, 4.69) is 53.8 Å². The van der Waals surface area contributed by atoms with Crippen LogP contribution < -0.4 is 10.1 Å². The molecule has 30 heavy (non-hydrogen) atoms. The van der Waals surface area contributed by atoms with Gasteiger partial charge in [0.25, 0.3) is 0 Å². The van der Waals surface area contributed by atoms with Gasteiger partial charge in [0.2, 0.25) is 0 Å². The molecule has 0 aromatic heterocycles. The van der Waals surface area contributed by atoms with E-state index in [0.717, 1.165) is 24.3 Å². The van der Waals surface area contributed by atoms with Gasteiger partial charge in [0, 0.05) is 18.8 Å². The first-order valence-corrected chi connectivity index (χ1v) is 10.3. The lowest BCUT2D eigenvalue weighted by atomic mass is 9.88. The number of hydrogen-bond donors (Lipinski definition) is 1. The topological polar surface area (TPSA) is 41.6 Å². The van der Waals surface area contributed by atoms with E-state index in [1.807, 2.05) is 41.3 Å². The average Bonchev–Trinajstić information content (AvgIpc) is 2.81. The molecule has 0 bridgehead atoms. The number of likely N-dealkylation sites (tertiary alicyclic amines) is 1. The Balaban J connectivity index is 1.49. The lowest BCUT2D eigenvalue weighted by molar-refractivity contribution is 0.207. The molecule has 0 radical (unpaired) electrons. The number of ether oxygens (including phenoxy) is 1. The number of nitrogens with one attached hydrogen (secondary N) is 1. The van der Waals surface area contributed by atoms with E-state index in [1.165, 1.54) is 22.3 Å². The highest BCUT2D eigenvalue weighted by Crippen LogP contribution is 2.32. The summed E-state index contributed by atoms with van der Waals surface area (Å²) in [5, 5.41) is 2.99. The fourth-order valence-electron chi connectivity index (χ4n) is 3.89. The first-order valence-electron chi connectivity index (χ1n) is 10.3. The molecule has 3 aromatic rings. The Bertz CT molecular complexity index is 960. The fraction of sp³-hybridized carbons (Fsp3) is 0.192. The maximum atomic E-state index is 12.7. The number of nitrogens with zero attached hydrogens (tertiary/aromatic N) is 1. The van der Waals surface area contributed by atoms with Crippen molar-refractivity contribution in [1.29, 1.82) is 0 Å². The van der Waals surface area contributed by atoms with Gasteiger partial charge in [0.15, 0.2) is 0 Å². The van der Waals surface area contributed by atoms with Gasteiger partial charge in [-0.2, -0.15) is 0 Å². The Kier molecular flexibility index (Phi) is 6.14. The number of urea groups is 1. The summed E-state index contributed by atoms with van der Waals surface area (Å²) < 4.78 is 5.17. The molecule has 0 atom stereocenters. The van der Waals surface area contributed by atoms with Crippen LogP contribution in [-0.4, -0.2) is 31.1 Å². The summed E-state index contributed by atoms with van der Waals surface area (Å²) in [6.07, 6.45) is 1.74. The van der Waals surface area contributed by atoms with Crippen molar-refractivity contribution >= 4 is 17.3 Å². The van der Waals surface area contributed by atoms with Crippen LogP contribution in [0.15, 0.2) is 90.5 Å². The minimum atomic E-state index is -0.0554. The summed E-state index contributed by atoms with van der Waals surface area (Å²) in [5.74, 6) is 0.773. The van der Waals surface area contributed by atoms with Gasteiger partial charge in [-0.15, -0.1) is 0 Å². The van der Waals surface area contributed by atoms with Crippen molar-refractivity contribution < 1.29 is 9.53 Å². The number of hydrogen-bond acceptors (Lipinski definition) is 2. The minimum Gasteiger partial charge on any atom is -0.497 e. The molecule has 0 spiro atoms. The van der Waals surface area contributed by atoms with Gasteiger partial charge >= 0.3 is 6.03 Å². The maximum absolute atomic E-state index is 12.7. The maximum Gasteiger partial charge on any atom is 0.321 e. The van der Waals surface area contributed by atoms with Gasteiger partial charge in [-0.3, -0.25) is 0 Å². The second kappa shape index (κ2) is 9.31. The average molecular weight is 399 g/mol. The number of rotatable bonds is 4. The van der Waals surface area contributed by atoms with E-state index in [1.54, 1.807) is 7.11 Å². The monoisotopic (exact) mass is 398 g/mol. The Labute approximate surface area is 177 Å². The van der Waals surface area contributed by atoms with E-state index in [0.29, 0.717) is 13.1 Å². The number of methoxy groups -OCH3 is 1. The van der Waals surface area contributed by atoms with E-state index >= 15 is 0 Å². The van der Waals surface area contributed by atoms with Crippen LogP contribution in [0.1, 0.15) is 24.0 Å². The first-order chi connectivity index (χ1) is 14.7. The lowest BCUT2D eigenvalue weighted by Gasteiger charge is -2.30. The highest BCUT2D eigenvalue weighted by atomic mass is 16.5. The normalized spacial score (nSPS) is 13.6. The molecule has 0 unspecified atom stereocenters. The molecular formula is C26H26N2O2. The summed E-state index contributed by atoms with van der Waals surface area (Å²) in [6.45, 7) is 1.42. The molecule has 152 valence electrons. The van der Waals surface area contributed by atoms with Crippen molar-refractivity contribution in [2.45, 2.75) is 12.8 Å². The summed E-state index contributed by atoms with van der Waals surface area (Å²) in [6, 6.07) is 28.4. The van der Waals surface area contributed by atoms with Crippen molar-refractivity contribution in [3.8, 4) is 5.75 Å². The van der Waals surface area contributed by atoms with Crippen molar-refractivity contribution in [2.24, 2.45) is 0 Å². The number of amides is 2. The molecule has 1 N–H and O–H groups in total. The first kappa shape index (κ1) is 19.8. The summed E-state index contributed by atoms with van der Waals surface area (Å²) in [5.41, 5.74) is 5.94. The van der Waals surface area contributed by atoms with Crippen molar-refractivity contribution in [2.75, 3.05) is 25.5 Å². The molecule has 0 aliphatic carbocycles. The van der Waals surface area contributed by atoms with Gasteiger partial charge in [-0.1, -0.05) is 66.2 Å². The summed E-state index contributed by atoms with van der Waals surface area (Å²) in [4.78, 5) is 14.6. The third-order valence-electron chi connectivity index (χ3n) is 5.47. The third-order valence-corrected chi connectivity index (χ3v) is 5.47. The van der Waals surface area contributed by atoms with Crippen molar-refractivity contribution in [3.05, 3.63) is 102 Å². The quantitative estimate of drug-likeness (QED) is 0.601. The second-order valence-corrected chi connectivity index (χ2v) is 7.36. The van der Waals surface area contributed by atoms with Crippen LogP contribution in [0.4, 0.5) is 10.5 Å². The van der Waals surface area contributed by atoms with E-state index < -0.39 is 0 Å². The van der Waals surface area contributed by atoms with Crippen molar-refractivity contribution in [3.63, 3.8) is 0 Å². The summed E-state index contributed by atoms with van der Waals surface area (Å²) in [7, 11) is 1.63. The van der Waals surface area contributed by atoms with Gasteiger partial charge in [-0.25, -0.2) is 4.79 Å². The Morgan fingerprint density at radius 3 is 1.83 bits per heavy atom. The number of carbonyl (C=O) groups excluding carboxylic acids is 1. The zero-order valence-electron chi connectivity index (χ0n) is 17.2. The molecule has 0 saturated carbocycles. The van der Waals surface area contributed by atoms with Gasteiger partial charge in [0.05, 0.1) is 7.11 Å². The Morgan fingerprint density at radius 1 is 0.800 bits per heavy atom. The number of piperidine rings is 1. The largest absolute Gasteiger partial charge is 0.497 e. The smallest absolute Gasteiger partial charge is 0.321 e. The Morgan fingerprint density at radius 2 is 1.33 bits per heavy atom. The molecule has 4 nitrogen and oxygen atoms in total. The number of carbonyl (C=O) groups is 1. The molecule has 1 fully saturated rings. The van der Waals surface area contributed by atoms with Crippen LogP contribution in [0.25, 0.3) is 5.57 Å². The SMILES string of the molecule is COc1ccc(NC(=O)N2CCC(=C(c3ccccc3)c3ccccc3)CC2)cc1. The van der Waals surface area contributed by atoms with E-state index in [4.69, 9.17) is 4.74 Å². The highest BCUT2D eigenvalue weighted by Gasteiger charge is 2.22. The molecule has 4 rings (SSSR count). The lowest BCUT2D eigenvalue weighted by Crippen LogP contribution is -2.39. The molecular weight excluding hydrogens is 372 g/mol. The van der Waals surface area contributed by atoms with Crippen LogP contribution in [-0.2, 0) is 0 Å². The minimum absolute atomic E-state index is 0.0554. The van der Waals surface area contributed by atoms with Gasteiger partial charge in [-0.05, 0) is 53.8 Å². The molecule has 2 amide bonds. The second-order valence-electron chi connectivity index (χ2n) is 7.36. The van der Waals surface area contributed by atoms with Crippen molar-refractivity contribution in [1.82, 2.24) is 4.90 Å². The van der Waals surface area contributed by atoms with E-state index in [9.17, 15) is 4.79 Å². The zero-order chi connectivity index (χ0) is 20.8. The Hall–Kier alpha value is -3.53. The van der Waals surface area contributed by atoms with Crippen LogP contribution in [0.2, 0.25) is 0 Å². The van der Waals surface area contributed by atoms with E-state index in [-0.39, 0.29) is 6.03 Å². The van der Waals surface area contributed by atoms with Crippen LogP contribution in [0, 0.1) is 0 Å². The van der Waals surface area contributed by atoms with Crippen LogP contribution in [0.5, 0.6) is 5.75 Å². The number of anilines is 1. The van der Waals surface area contributed by atoms with Gasteiger partial charge < -0.3 is 15.0 Å². The standard InChI is InChI=1S/C26H26N2O2/c1-30-24-14-12-23(13-15-24)27-26(29)28-18-16-22(17-19-28)25(20-8-4-2-5-9-20)21-10-6-3-7-11-21/h2-15H,16-19H2,1H3,(H,27,29).